The quantitative estimate of drug-likeness (QED) is 0.0689. The molecule has 0 saturated heterocycles. The minimum atomic E-state index is 1.11. The van der Waals surface area contributed by atoms with Gasteiger partial charge in [-0.25, -0.2) is 9.13 Å². The molecule has 0 N–H and O–H groups in total. The molecule has 2 heteroatoms. The van der Waals surface area contributed by atoms with Crippen LogP contribution in [0.4, 0.5) is 0 Å². The lowest BCUT2D eigenvalue weighted by atomic mass is 10.0. The van der Waals surface area contributed by atoms with Gasteiger partial charge in [0.15, 0.2) is 0 Å². The molecule has 0 fully saturated rings. The van der Waals surface area contributed by atoms with Gasteiger partial charge in [-0.15, -0.1) is 0 Å². The van der Waals surface area contributed by atoms with Crippen LogP contribution in [-0.4, -0.2) is 4.57 Å². The fraction of sp³-hybridized carbons (Fsp3) is 0.917. The number of hydrogen-bond acceptors (Lipinski definition) is 0. The van der Waals surface area contributed by atoms with Crippen molar-refractivity contribution < 1.29 is 4.57 Å². The van der Waals surface area contributed by atoms with Gasteiger partial charge >= 0.3 is 0 Å². The van der Waals surface area contributed by atoms with Crippen molar-refractivity contribution in [3.8, 4) is 0 Å². The summed E-state index contributed by atoms with van der Waals surface area (Å²) < 4.78 is 5.06. The predicted octanol–water partition coefficient (Wildman–Crippen LogP) is 11.9. The topological polar surface area (TPSA) is 8.81 Å². The molecule has 0 aliphatic heterocycles. The zero-order valence-electron chi connectivity index (χ0n) is 26.8. The van der Waals surface area contributed by atoms with Crippen LogP contribution in [-0.2, 0) is 19.5 Å². The van der Waals surface area contributed by atoms with E-state index in [-0.39, 0.29) is 0 Å². The van der Waals surface area contributed by atoms with Gasteiger partial charge in [0.25, 0.3) is 5.82 Å². The van der Waals surface area contributed by atoms with Crippen LogP contribution in [0.2, 0.25) is 0 Å². The standard InChI is InChI=1S/C36H71N2/c1-4-7-9-11-13-15-17-18-19-20-21-22-23-24-26-28-30-32-36-37(6-3)34-35-38(36)33-31-29-27-25-16-14-12-10-8-5-2/h34-35H,4-33H2,1-3H3/q+1. The van der Waals surface area contributed by atoms with Crippen molar-refractivity contribution in [1.82, 2.24) is 4.57 Å². The van der Waals surface area contributed by atoms with Gasteiger partial charge in [-0.2, -0.15) is 0 Å². The first-order valence-corrected chi connectivity index (χ1v) is 17.9. The van der Waals surface area contributed by atoms with E-state index in [1.165, 1.54) is 186 Å². The zero-order valence-corrected chi connectivity index (χ0v) is 26.8. The first-order chi connectivity index (χ1) is 18.8. The minimum absolute atomic E-state index is 1.11. The molecular weight excluding hydrogens is 460 g/mol. The van der Waals surface area contributed by atoms with Gasteiger partial charge < -0.3 is 0 Å². The van der Waals surface area contributed by atoms with Gasteiger partial charge in [0.05, 0.1) is 13.1 Å². The van der Waals surface area contributed by atoms with Gasteiger partial charge in [-0.1, -0.05) is 168 Å². The highest BCUT2D eigenvalue weighted by Gasteiger charge is 2.15. The first kappa shape index (κ1) is 35.2. The Labute approximate surface area is 240 Å². The molecule has 1 heterocycles. The smallest absolute Gasteiger partial charge is 0.235 e. The van der Waals surface area contributed by atoms with Gasteiger partial charge in [0.2, 0.25) is 0 Å². The maximum Gasteiger partial charge on any atom is 0.256 e. The predicted molar refractivity (Wildman–Crippen MR) is 170 cm³/mol. The second-order valence-electron chi connectivity index (χ2n) is 12.3. The van der Waals surface area contributed by atoms with Crippen molar-refractivity contribution in [2.45, 2.75) is 214 Å². The third kappa shape index (κ3) is 20.2. The molecular formula is C36H71N2+. The maximum absolute atomic E-state index is 2.57. The summed E-state index contributed by atoms with van der Waals surface area (Å²) in [5, 5.41) is 0. The lowest BCUT2D eigenvalue weighted by molar-refractivity contribution is -0.700. The lowest BCUT2D eigenvalue weighted by Crippen LogP contribution is -2.36. The Kier molecular flexibility index (Phi) is 25.7. The normalized spacial score (nSPS) is 11.6. The molecule has 0 aliphatic rings. The van der Waals surface area contributed by atoms with Crippen LogP contribution in [0, 0.1) is 0 Å². The second kappa shape index (κ2) is 27.8. The number of aromatic nitrogens is 2. The largest absolute Gasteiger partial charge is 0.256 e. The Morgan fingerprint density at radius 2 is 0.789 bits per heavy atom. The summed E-state index contributed by atoms with van der Waals surface area (Å²) in [7, 11) is 0. The number of nitrogens with zero attached hydrogens (tertiary/aromatic N) is 2. The third-order valence-corrected chi connectivity index (χ3v) is 8.69. The highest BCUT2D eigenvalue weighted by Crippen LogP contribution is 2.15. The van der Waals surface area contributed by atoms with Crippen molar-refractivity contribution in [1.29, 1.82) is 0 Å². The van der Waals surface area contributed by atoms with E-state index in [1.807, 2.05) is 0 Å². The molecule has 224 valence electrons. The molecule has 1 aromatic rings. The first-order valence-electron chi connectivity index (χ1n) is 17.9. The molecule has 0 atom stereocenters. The highest BCUT2D eigenvalue weighted by molar-refractivity contribution is 4.84. The van der Waals surface area contributed by atoms with Crippen LogP contribution in [0.3, 0.4) is 0 Å². The van der Waals surface area contributed by atoms with Crippen LogP contribution in [0.15, 0.2) is 12.4 Å². The molecule has 0 saturated carbocycles. The molecule has 1 aromatic heterocycles. The van der Waals surface area contributed by atoms with Gasteiger partial charge in [-0.3, -0.25) is 0 Å². The summed E-state index contributed by atoms with van der Waals surface area (Å²) in [4.78, 5) is 0. The fourth-order valence-corrected chi connectivity index (χ4v) is 6.05. The summed E-state index contributed by atoms with van der Waals surface area (Å²) in [6.07, 6.45) is 44.8. The maximum atomic E-state index is 2.57. The molecule has 1 rings (SSSR count). The van der Waals surface area contributed by atoms with Gasteiger partial charge in [-0.05, 0) is 26.2 Å². The molecule has 0 amide bonds. The van der Waals surface area contributed by atoms with E-state index in [0.717, 1.165) is 6.54 Å². The Bertz CT molecular complexity index is 590. The summed E-state index contributed by atoms with van der Waals surface area (Å²) in [6, 6.07) is 0. The average molecular weight is 532 g/mol. The molecule has 0 unspecified atom stereocenters. The monoisotopic (exact) mass is 532 g/mol. The number of hydrogen-bond donors (Lipinski definition) is 0. The molecule has 0 aliphatic carbocycles. The van der Waals surface area contributed by atoms with E-state index in [9.17, 15) is 0 Å². The van der Waals surface area contributed by atoms with Crippen LogP contribution >= 0.6 is 0 Å². The highest BCUT2D eigenvalue weighted by atomic mass is 15.1. The van der Waals surface area contributed by atoms with Gasteiger partial charge in [0.1, 0.15) is 12.4 Å². The van der Waals surface area contributed by atoms with E-state index >= 15 is 0 Å². The van der Waals surface area contributed by atoms with Crippen LogP contribution < -0.4 is 4.57 Å². The molecule has 0 aromatic carbocycles. The van der Waals surface area contributed by atoms with E-state index in [0.29, 0.717) is 0 Å². The Hall–Kier alpha value is -0.790. The van der Waals surface area contributed by atoms with E-state index in [1.54, 1.807) is 5.82 Å². The Morgan fingerprint density at radius 1 is 0.447 bits per heavy atom. The summed E-state index contributed by atoms with van der Waals surface area (Å²) in [5.74, 6) is 1.57. The Balaban J connectivity index is 1.97. The van der Waals surface area contributed by atoms with Crippen LogP contribution in [0.25, 0.3) is 0 Å². The zero-order chi connectivity index (χ0) is 27.4. The van der Waals surface area contributed by atoms with Crippen molar-refractivity contribution in [3.05, 3.63) is 18.2 Å². The summed E-state index contributed by atoms with van der Waals surface area (Å²) in [6.45, 7) is 9.24. The summed E-state index contributed by atoms with van der Waals surface area (Å²) >= 11 is 0. The van der Waals surface area contributed by atoms with Crippen LogP contribution in [0.5, 0.6) is 0 Å². The Morgan fingerprint density at radius 3 is 1.16 bits per heavy atom. The third-order valence-electron chi connectivity index (χ3n) is 8.69. The van der Waals surface area contributed by atoms with Gasteiger partial charge in [0, 0.05) is 6.42 Å². The second-order valence-corrected chi connectivity index (χ2v) is 12.3. The molecule has 0 spiro atoms. The van der Waals surface area contributed by atoms with E-state index in [2.05, 4.69) is 42.3 Å². The van der Waals surface area contributed by atoms with E-state index in [4.69, 9.17) is 0 Å². The lowest BCUT2D eigenvalue weighted by Gasteiger charge is -2.06. The number of imidazole rings is 1. The fourth-order valence-electron chi connectivity index (χ4n) is 6.05. The minimum Gasteiger partial charge on any atom is -0.235 e. The number of aryl methyl sites for hydroxylation is 2. The molecule has 0 radical (unpaired) electrons. The van der Waals surface area contributed by atoms with Crippen LogP contribution in [0.1, 0.15) is 200 Å². The van der Waals surface area contributed by atoms with Crippen molar-refractivity contribution in [2.75, 3.05) is 0 Å². The van der Waals surface area contributed by atoms with Crippen molar-refractivity contribution in [3.63, 3.8) is 0 Å². The molecule has 38 heavy (non-hydrogen) atoms. The molecule has 0 bridgehead atoms. The van der Waals surface area contributed by atoms with E-state index < -0.39 is 0 Å². The summed E-state index contributed by atoms with van der Waals surface area (Å²) in [5.41, 5.74) is 0. The average Bonchev–Trinajstić information content (AvgIpc) is 3.33. The number of unbranched alkanes of at least 4 members (excludes halogenated alkanes) is 25. The van der Waals surface area contributed by atoms with Crippen molar-refractivity contribution >= 4 is 0 Å². The number of rotatable bonds is 30. The molecule has 2 nitrogen and oxygen atoms in total. The van der Waals surface area contributed by atoms with Crippen molar-refractivity contribution in [2.24, 2.45) is 0 Å². The SMILES string of the molecule is CCCCCCCCCCCCCCCCCCCc1n(CCCCCCCCCCCC)cc[n+]1CC.